The normalized spacial score (nSPS) is 13.9. The van der Waals surface area contributed by atoms with Crippen LogP contribution >= 0.6 is 11.6 Å². The molecule has 1 amide bonds. The SMILES string of the molecule is Cc1cccc(-n2nc(C(=O)N3CCOCC3)c(=O)n(Cc3cccc(Cl)c3)c2=O)c1. The molecule has 0 N–H and O–H groups in total. The molecule has 2 aromatic carbocycles. The van der Waals surface area contributed by atoms with Gasteiger partial charge in [-0.1, -0.05) is 35.9 Å². The minimum Gasteiger partial charge on any atom is -0.378 e. The Morgan fingerprint density at radius 2 is 1.84 bits per heavy atom. The fraction of sp³-hybridized carbons (Fsp3) is 0.273. The van der Waals surface area contributed by atoms with Crippen molar-refractivity contribution in [3.05, 3.63) is 91.2 Å². The van der Waals surface area contributed by atoms with Crippen molar-refractivity contribution in [2.24, 2.45) is 0 Å². The third kappa shape index (κ3) is 4.45. The number of aromatic nitrogens is 3. The highest BCUT2D eigenvalue weighted by Gasteiger charge is 2.26. The van der Waals surface area contributed by atoms with E-state index in [1.165, 1.54) is 4.90 Å². The van der Waals surface area contributed by atoms with Crippen molar-refractivity contribution >= 4 is 17.5 Å². The zero-order chi connectivity index (χ0) is 22.0. The summed E-state index contributed by atoms with van der Waals surface area (Å²) >= 11 is 6.06. The maximum Gasteiger partial charge on any atom is 0.352 e. The van der Waals surface area contributed by atoms with Gasteiger partial charge in [-0.05, 0) is 42.3 Å². The van der Waals surface area contributed by atoms with Crippen LogP contribution in [-0.4, -0.2) is 51.5 Å². The Morgan fingerprint density at radius 1 is 1.10 bits per heavy atom. The summed E-state index contributed by atoms with van der Waals surface area (Å²) in [5, 5.41) is 4.68. The lowest BCUT2D eigenvalue weighted by Crippen LogP contribution is -2.48. The van der Waals surface area contributed by atoms with Crippen LogP contribution < -0.4 is 11.2 Å². The minimum absolute atomic E-state index is 0.0318. The van der Waals surface area contributed by atoms with Gasteiger partial charge in [0.15, 0.2) is 0 Å². The molecule has 1 fully saturated rings. The number of benzene rings is 2. The second kappa shape index (κ2) is 8.87. The first-order chi connectivity index (χ1) is 14.9. The molecule has 0 spiro atoms. The standard InChI is InChI=1S/C22H21ClN4O4/c1-15-4-2-7-18(12-15)27-22(30)26(14-16-5-3-6-17(23)13-16)21(29)19(24-27)20(28)25-8-10-31-11-9-25/h2-7,12-13H,8-11,14H2,1H3. The van der Waals surface area contributed by atoms with Crippen molar-refractivity contribution in [2.75, 3.05) is 26.3 Å². The molecule has 0 bridgehead atoms. The lowest BCUT2D eigenvalue weighted by atomic mass is 10.2. The predicted molar refractivity (Wildman–Crippen MR) is 116 cm³/mol. The molecule has 9 heteroatoms. The van der Waals surface area contributed by atoms with Crippen LogP contribution in [0.1, 0.15) is 21.6 Å². The Morgan fingerprint density at radius 3 is 2.55 bits per heavy atom. The molecule has 3 aromatic rings. The number of rotatable bonds is 4. The van der Waals surface area contributed by atoms with Gasteiger partial charge in [-0.3, -0.25) is 14.2 Å². The summed E-state index contributed by atoms with van der Waals surface area (Å²) in [4.78, 5) is 41.0. The number of hydrogen-bond acceptors (Lipinski definition) is 5. The largest absolute Gasteiger partial charge is 0.378 e. The first kappa shape index (κ1) is 21.0. The van der Waals surface area contributed by atoms with E-state index in [9.17, 15) is 14.4 Å². The van der Waals surface area contributed by atoms with Crippen LogP contribution in [0.2, 0.25) is 5.02 Å². The first-order valence-electron chi connectivity index (χ1n) is 9.87. The summed E-state index contributed by atoms with van der Waals surface area (Å²) in [6.07, 6.45) is 0. The monoisotopic (exact) mass is 440 g/mol. The highest BCUT2D eigenvalue weighted by molar-refractivity contribution is 6.30. The number of aryl methyl sites for hydroxylation is 1. The van der Waals surface area contributed by atoms with Gasteiger partial charge < -0.3 is 9.64 Å². The van der Waals surface area contributed by atoms with Crippen molar-refractivity contribution < 1.29 is 9.53 Å². The Kier molecular flexibility index (Phi) is 6.01. The number of ether oxygens (including phenoxy) is 1. The molecular formula is C22H21ClN4O4. The van der Waals surface area contributed by atoms with E-state index in [0.29, 0.717) is 42.6 Å². The maximum atomic E-state index is 13.2. The van der Waals surface area contributed by atoms with Gasteiger partial charge in [0.2, 0.25) is 5.69 Å². The van der Waals surface area contributed by atoms with Gasteiger partial charge in [-0.15, -0.1) is 0 Å². The topological polar surface area (TPSA) is 86.4 Å². The molecule has 1 aliphatic heterocycles. The van der Waals surface area contributed by atoms with E-state index in [1.54, 1.807) is 42.5 Å². The molecule has 8 nitrogen and oxygen atoms in total. The Balaban J connectivity index is 1.88. The van der Waals surface area contributed by atoms with E-state index < -0.39 is 17.2 Å². The van der Waals surface area contributed by atoms with Gasteiger partial charge in [0.25, 0.3) is 11.5 Å². The van der Waals surface area contributed by atoms with Crippen molar-refractivity contribution in [3.8, 4) is 5.69 Å². The molecule has 1 saturated heterocycles. The van der Waals surface area contributed by atoms with Crippen LogP contribution in [0.4, 0.5) is 0 Å². The zero-order valence-corrected chi connectivity index (χ0v) is 17.7. The maximum absolute atomic E-state index is 13.2. The van der Waals surface area contributed by atoms with E-state index in [1.807, 2.05) is 13.0 Å². The number of amides is 1. The molecule has 2 heterocycles. The van der Waals surface area contributed by atoms with E-state index in [4.69, 9.17) is 16.3 Å². The number of hydrogen-bond donors (Lipinski definition) is 0. The lowest BCUT2D eigenvalue weighted by molar-refractivity contribution is 0.0295. The average Bonchev–Trinajstić information content (AvgIpc) is 2.77. The molecule has 0 unspecified atom stereocenters. The third-order valence-corrected chi connectivity index (χ3v) is 5.27. The molecule has 0 saturated carbocycles. The Bertz CT molecular complexity index is 1240. The summed E-state index contributed by atoms with van der Waals surface area (Å²) in [6, 6.07) is 14.0. The van der Waals surface area contributed by atoms with Crippen LogP contribution in [0.5, 0.6) is 0 Å². The van der Waals surface area contributed by atoms with Gasteiger partial charge in [-0.25, -0.2) is 4.79 Å². The fourth-order valence-corrected chi connectivity index (χ4v) is 3.66. The van der Waals surface area contributed by atoms with Crippen molar-refractivity contribution in [3.63, 3.8) is 0 Å². The van der Waals surface area contributed by atoms with Gasteiger partial charge in [0.1, 0.15) is 0 Å². The molecule has 31 heavy (non-hydrogen) atoms. The second-order valence-electron chi connectivity index (χ2n) is 7.31. The number of nitrogens with zero attached hydrogens (tertiary/aromatic N) is 4. The average molecular weight is 441 g/mol. The van der Waals surface area contributed by atoms with E-state index >= 15 is 0 Å². The van der Waals surface area contributed by atoms with Gasteiger partial charge in [0, 0.05) is 18.1 Å². The Hall–Kier alpha value is -3.23. The van der Waals surface area contributed by atoms with E-state index in [0.717, 1.165) is 14.8 Å². The zero-order valence-electron chi connectivity index (χ0n) is 17.0. The molecule has 0 radical (unpaired) electrons. The quantitative estimate of drug-likeness (QED) is 0.618. The first-order valence-corrected chi connectivity index (χ1v) is 10.2. The van der Waals surface area contributed by atoms with Gasteiger partial charge in [0.05, 0.1) is 25.4 Å². The number of morpholine rings is 1. The van der Waals surface area contributed by atoms with Crippen LogP contribution in [0.3, 0.4) is 0 Å². The second-order valence-corrected chi connectivity index (χ2v) is 7.74. The molecule has 1 aromatic heterocycles. The molecule has 4 rings (SSSR count). The van der Waals surface area contributed by atoms with Crippen molar-refractivity contribution in [2.45, 2.75) is 13.5 Å². The van der Waals surface area contributed by atoms with Crippen LogP contribution in [-0.2, 0) is 11.3 Å². The van der Waals surface area contributed by atoms with Crippen molar-refractivity contribution in [1.82, 2.24) is 19.2 Å². The number of halogens is 1. The highest BCUT2D eigenvalue weighted by Crippen LogP contribution is 2.12. The van der Waals surface area contributed by atoms with E-state index in [-0.39, 0.29) is 12.2 Å². The summed E-state index contributed by atoms with van der Waals surface area (Å²) in [5.74, 6) is -0.519. The molecule has 160 valence electrons. The summed E-state index contributed by atoms with van der Waals surface area (Å²) in [5.41, 5.74) is 0.392. The summed E-state index contributed by atoms with van der Waals surface area (Å²) < 4.78 is 7.42. The molecular weight excluding hydrogens is 420 g/mol. The smallest absolute Gasteiger partial charge is 0.352 e. The van der Waals surface area contributed by atoms with Crippen LogP contribution in [0, 0.1) is 6.92 Å². The van der Waals surface area contributed by atoms with Crippen LogP contribution in [0.25, 0.3) is 5.69 Å². The van der Waals surface area contributed by atoms with Gasteiger partial charge in [-0.2, -0.15) is 9.78 Å². The lowest BCUT2D eigenvalue weighted by Gasteiger charge is -2.26. The summed E-state index contributed by atoms with van der Waals surface area (Å²) in [6.45, 7) is 3.35. The van der Waals surface area contributed by atoms with Gasteiger partial charge >= 0.3 is 5.69 Å². The molecule has 0 atom stereocenters. The number of carbonyl (C=O) groups excluding carboxylic acids is 1. The van der Waals surface area contributed by atoms with Crippen molar-refractivity contribution in [1.29, 1.82) is 0 Å². The molecule has 1 aliphatic rings. The Labute approximate surface area is 183 Å². The summed E-state index contributed by atoms with van der Waals surface area (Å²) in [7, 11) is 0. The van der Waals surface area contributed by atoms with Crippen LogP contribution in [0.15, 0.2) is 58.1 Å². The minimum atomic E-state index is -0.731. The molecule has 0 aliphatic carbocycles. The number of carbonyl (C=O) groups is 1. The predicted octanol–water partition coefficient (Wildman–Crippen LogP) is 1.88. The van der Waals surface area contributed by atoms with E-state index in [2.05, 4.69) is 5.10 Å². The third-order valence-electron chi connectivity index (χ3n) is 5.04. The highest BCUT2D eigenvalue weighted by atomic mass is 35.5. The fourth-order valence-electron chi connectivity index (χ4n) is 3.45.